The minimum absolute atomic E-state index is 0. The molecule has 0 amide bonds. The SMILES string of the molecule is C=O.CC.CC.CC(=O)O.O.Oc1cccc2cccnc12.Oc1cccc2cccnc12.Oc1cccc2cccnc12.[195Pt+2].[195Pt].[CH3-].[CH3-].[CH3-]. The van der Waals surface area contributed by atoms with E-state index in [0.717, 1.165) is 23.1 Å². The average Bonchev–Trinajstić information content (AvgIpc) is 3.05. The number of nitrogens with zero attached hydrogens (tertiary/aromatic N) is 3. The molecule has 0 spiro atoms. The zero-order valence-electron chi connectivity index (χ0n) is 29.2. The summed E-state index contributed by atoms with van der Waals surface area (Å²) in [5.74, 6) is -0.116. The van der Waals surface area contributed by atoms with Crippen molar-refractivity contribution in [3.63, 3.8) is 0 Å². The number of fused-ring (bicyclic) bond motifs is 3. The van der Waals surface area contributed by atoms with Gasteiger partial charge in [0.1, 0.15) is 40.6 Å². The third kappa shape index (κ3) is 22.1. The Labute approximate surface area is 320 Å². The molecule has 6 aromatic rings. The monoisotopic (exact) mass is 1040 g/mol. The minimum atomic E-state index is -0.833. The van der Waals surface area contributed by atoms with Crippen molar-refractivity contribution in [2.75, 3.05) is 0 Å². The standard InChI is InChI=1S/3C9H7NO.C2H4O2.2C2H6.CH2O.3CH3.H2O.2Pt/c3*11-8-5-1-3-7-4-2-6-10-9(7)8;1-2(3)4;3*1-2;;;;;;/h3*1-6,11H;1H3,(H,3,4);2*1-2H3;1H2;3*1H3;1H2;;/q;;;;;;;3*-1;;;+2/i;;;;;;;;;;;2*1+0. The number of benzene rings is 3. The number of aliphatic carboxylic acids is 1. The fourth-order valence-electron chi connectivity index (χ4n) is 3.26. The second-order valence-corrected chi connectivity index (χ2v) is 7.58. The van der Waals surface area contributed by atoms with Crippen LogP contribution in [0.4, 0.5) is 0 Å². The molecule has 0 bridgehead atoms. The van der Waals surface area contributed by atoms with Crippen molar-refractivity contribution in [3.8, 4) is 17.2 Å². The van der Waals surface area contributed by atoms with Crippen LogP contribution < -0.4 is 0 Å². The molecule has 3 aromatic heterocycles. The third-order valence-electron chi connectivity index (χ3n) is 4.83. The Morgan fingerprint density at radius 2 is 0.714 bits per heavy atom. The van der Waals surface area contributed by atoms with Gasteiger partial charge in [0.2, 0.25) is 0 Å². The second kappa shape index (κ2) is 36.6. The number of hydrogen-bond acceptors (Lipinski definition) is 8. The molecular weight excluding hydrogens is 988 g/mol. The van der Waals surface area contributed by atoms with Gasteiger partial charge in [-0.3, -0.25) is 19.7 Å². The maximum absolute atomic E-state index is 9.31. The van der Waals surface area contributed by atoms with E-state index in [0.29, 0.717) is 16.6 Å². The number of aromatic hydroxyl groups is 3. The van der Waals surface area contributed by atoms with Crippen molar-refractivity contribution in [1.82, 2.24) is 15.0 Å². The predicted molar refractivity (Wildman–Crippen MR) is 196 cm³/mol. The van der Waals surface area contributed by atoms with Gasteiger partial charge in [-0.1, -0.05) is 82.3 Å². The van der Waals surface area contributed by atoms with Crippen molar-refractivity contribution in [1.29, 1.82) is 0 Å². The number of phenolic OH excluding ortho intramolecular Hbond substituents is 3. The van der Waals surface area contributed by atoms with E-state index in [1.807, 2.05) is 89.1 Å². The molecule has 6 N–H and O–H groups in total. The Morgan fingerprint density at radius 1 is 0.531 bits per heavy atom. The Bertz CT molecular complexity index is 1460. The number of para-hydroxylation sites is 3. The van der Waals surface area contributed by atoms with Crippen LogP contribution in [0, 0.1) is 22.3 Å². The van der Waals surface area contributed by atoms with Crippen LogP contribution in [0.25, 0.3) is 32.7 Å². The maximum Gasteiger partial charge on any atom is 2.00 e. The maximum atomic E-state index is 9.31. The molecule has 0 aliphatic rings. The molecule has 6 rings (SSSR count). The molecular formula is C37H50N3O7Pt2-. The minimum Gasteiger partial charge on any atom is -0.506 e. The quantitative estimate of drug-likeness (QED) is 0.109. The number of rotatable bonds is 0. The van der Waals surface area contributed by atoms with Gasteiger partial charge in [0.15, 0.2) is 0 Å². The molecule has 0 aliphatic carbocycles. The predicted octanol–water partition coefficient (Wildman–Crippen LogP) is 8.30. The summed E-state index contributed by atoms with van der Waals surface area (Å²) < 4.78 is 0. The first-order chi connectivity index (χ1) is 20.9. The van der Waals surface area contributed by atoms with E-state index in [4.69, 9.17) is 14.7 Å². The van der Waals surface area contributed by atoms with Crippen molar-refractivity contribution in [2.24, 2.45) is 0 Å². The van der Waals surface area contributed by atoms with E-state index in [1.165, 1.54) is 0 Å². The number of carboxylic acid groups (broad SMARTS) is 1. The molecule has 0 unspecified atom stereocenters. The van der Waals surface area contributed by atoms with E-state index < -0.39 is 5.97 Å². The van der Waals surface area contributed by atoms with E-state index in [-0.39, 0.29) is 87.1 Å². The van der Waals surface area contributed by atoms with Gasteiger partial charge in [-0.05, 0) is 36.4 Å². The number of carboxylic acids is 1. The van der Waals surface area contributed by atoms with Gasteiger partial charge in [0.25, 0.3) is 5.97 Å². The van der Waals surface area contributed by atoms with Crippen molar-refractivity contribution in [2.45, 2.75) is 34.6 Å². The summed E-state index contributed by atoms with van der Waals surface area (Å²) in [6.07, 6.45) is 5.01. The summed E-state index contributed by atoms with van der Waals surface area (Å²) in [6.45, 7) is 11.1. The van der Waals surface area contributed by atoms with E-state index in [2.05, 4.69) is 15.0 Å². The molecule has 0 radical (unpaired) electrons. The van der Waals surface area contributed by atoms with E-state index in [9.17, 15) is 15.3 Å². The molecule has 0 atom stereocenters. The largest absolute Gasteiger partial charge is 2.00 e. The molecule has 10 nitrogen and oxygen atoms in total. The normalized spacial score (nSPS) is 7.69. The van der Waals surface area contributed by atoms with Gasteiger partial charge < -0.3 is 53.0 Å². The number of pyridine rings is 3. The second-order valence-electron chi connectivity index (χ2n) is 7.58. The first-order valence-electron chi connectivity index (χ1n) is 13.4. The van der Waals surface area contributed by atoms with E-state index >= 15 is 0 Å². The summed E-state index contributed by atoms with van der Waals surface area (Å²) in [4.78, 5) is 29.1. The number of carbonyl (C=O) groups excluding carboxylic acids is 1. The molecule has 0 saturated carbocycles. The molecule has 0 fully saturated rings. The fourth-order valence-corrected chi connectivity index (χ4v) is 3.26. The van der Waals surface area contributed by atoms with Gasteiger partial charge in [-0.2, -0.15) is 0 Å². The Hall–Kier alpha value is -4.23. The third-order valence-corrected chi connectivity index (χ3v) is 4.83. The molecule has 3 aromatic carbocycles. The first-order valence-corrected chi connectivity index (χ1v) is 13.4. The average molecular weight is 1040 g/mol. The van der Waals surface area contributed by atoms with Gasteiger partial charge in [0, 0.05) is 62.7 Å². The van der Waals surface area contributed by atoms with Crippen LogP contribution in [-0.4, -0.2) is 53.6 Å². The van der Waals surface area contributed by atoms with Crippen LogP contribution in [-0.2, 0) is 51.7 Å². The van der Waals surface area contributed by atoms with Crippen LogP contribution in [0.5, 0.6) is 17.2 Å². The zero-order valence-corrected chi connectivity index (χ0v) is 33.7. The molecule has 0 saturated heterocycles. The number of phenols is 3. The number of hydrogen-bond donors (Lipinski definition) is 4. The van der Waals surface area contributed by atoms with Crippen molar-refractivity contribution >= 4 is 45.5 Å². The Kier molecular flexibility index (Phi) is 44.9. The summed E-state index contributed by atoms with van der Waals surface area (Å²) in [6, 6.07) is 27.4. The molecule has 0 aliphatic heterocycles. The Balaban J connectivity index is -0.0000000905. The topological polar surface area (TPSA) is 185 Å². The Morgan fingerprint density at radius 3 is 0.898 bits per heavy atom. The van der Waals surface area contributed by atoms with Crippen LogP contribution in [0.2, 0.25) is 0 Å². The zero-order chi connectivity index (χ0) is 32.6. The van der Waals surface area contributed by atoms with Gasteiger partial charge >= 0.3 is 21.1 Å². The van der Waals surface area contributed by atoms with Crippen molar-refractivity contribution in [3.05, 3.63) is 132 Å². The summed E-state index contributed by atoms with van der Waals surface area (Å²) in [5, 5.41) is 38.2. The molecule has 276 valence electrons. The van der Waals surface area contributed by atoms with Gasteiger partial charge in [0.05, 0.1) is 0 Å². The van der Waals surface area contributed by atoms with Crippen molar-refractivity contribution < 1.29 is 77.6 Å². The molecule has 3 heterocycles. The van der Waals surface area contributed by atoms with Crippen LogP contribution in [0.15, 0.2) is 110 Å². The number of aromatic nitrogens is 3. The van der Waals surface area contributed by atoms with Crippen LogP contribution in [0.3, 0.4) is 0 Å². The fraction of sp³-hybridized carbons (Fsp3) is 0.135. The van der Waals surface area contributed by atoms with Gasteiger partial charge in [-0.15, -0.1) is 0 Å². The summed E-state index contributed by atoms with van der Waals surface area (Å²) in [5.41, 5.74) is 1.99. The smallest absolute Gasteiger partial charge is 0.506 e. The van der Waals surface area contributed by atoms with Gasteiger partial charge in [-0.25, -0.2) is 0 Å². The van der Waals surface area contributed by atoms with Crippen LogP contribution in [0.1, 0.15) is 34.6 Å². The molecule has 49 heavy (non-hydrogen) atoms. The number of carbonyl (C=O) groups is 2. The van der Waals surface area contributed by atoms with Crippen LogP contribution >= 0.6 is 0 Å². The first kappa shape index (κ1) is 60.1. The summed E-state index contributed by atoms with van der Waals surface area (Å²) in [7, 11) is 0. The summed E-state index contributed by atoms with van der Waals surface area (Å²) >= 11 is 0. The molecule has 12 heteroatoms. The van der Waals surface area contributed by atoms with E-state index in [1.54, 1.807) is 55.0 Å².